The molecule has 1 saturated heterocycles. The highest BCUT2D eigenvalue weighted by atomic mass is 16.5. The SMILES string of the molecule is CCOC(=O)c1nc(CC)n(CC2CCN(C)CC2)c1N. The van der Waals surface area contributed by atoms with Crippen LogP contribution in [0.15, 0.2) is 0 Å². The summed E-state index contributed by atoms with van der Waals surface area (Å²) in [6.07, 6.45) is 3.08. The first-order chi connectivity index (χ1) is 10.1. The molecule has 1 aliphatic rings. The number of anilines is 1. The molecule has 0 aliphatic carbocycles. The second-order valence-corrected chi connectivity index (χ2v) is 5.69. The van der Waals surface area contributed by atoms with Crippen LogP contribution in [0.25, 0.3) is 0 Å². The second-order valence-electron chi connectivity index (χ2n) is 5.69. The van der Waals surface area contributed by atoms with E-state index >= 15 is 0 Å². The molecule has 0 amide bonds. The van der Waals surface area contributed by atoms with Gasteiger partial charge < -0.3 is 19.9 Å². The third-order valence-electron chi connectivity index (χ3n) is 4.15. The van der Waals surface area contributed by atoms with Crippen molar-refractivity contribution in [1.29, 1.82) is 0 Å². The van der Waals surface area contributed by atoms with Crippen molar-refractivity contribution in [3.05, 3.63) is 11.5 Å². The lowest BCUT2D eigenvalue weighted by Crippen LogP contribution is -2.32. The quantitative estimate of drug-likeness (QED) is 0.834. The average molecular weight is 294 g/mol. The molecule has 1 fully saturated rings. The molecule has 0 atom stereocenters. The lowest BCUT2D eigenvalue weighted by molar-refractivity contribution is 0.0521. The van der Waals surface area contributed by atoms with E-state index in [-0.39, 0.29) is 5.69 Å². The van der Waals surface area contributed by atoms with Crippen molar-refractivity contribution in [2.24, 2.45) is 5.92 Å². The third kappa shape index (κ3) is 3.56. The van der Waals surface area contributed by atoms with Crippen molar-refractivity contribution < 1.29 is 9.53 Å². The van der Waals surface area contributed by atoms with Crippen LogP contribution in [0.3, 0.4) is 0 Å². The summed E-state index contributed by atoms with van der Waals surface area (Å²) in [6.45, 7) is 7.22. The number of rotatable bonds is 5. The molecule has 21 heavy (non-hydrogen) atoms. The Balaban J connectivity index is 2.16. The number of hydrogen-bond donors (Lipinski definition) is 1. The van der Waals surface area contributed by atoms with Crippen LogP contribution in [0.5, 0.6) is 0 Å². The molecule has 0 spiro atoms. The number of carbonyl (C=O) groups excluding carboxylic acids is 1. The van der Waals surface area contributed by atoms with Crippen LogP contribution < -0.4 is 5.73 Å². The number of piperidine rings is 1. The van der Waals surface area contributed by atoms with E-state index in [1.54, 1.807) is 6.92 Å². The van der Waals surface area contributed by atoms with Crippen LogP contribution in [0.2, 0.25) is 0 Å². The standard InChI is InChI=1S/C15H26N4O2/c1-4-12-17-13(15(20)21-5-2)14(16)19(12)10-11-6-8-18(3)9-7-11/h11H,4-10,16H2,1-3H3. The van der Waals surface area contributed by atoms with Gasteiger partial charge in [-0.2, -0.15) is 0 Å². The van der Waals surface area contributed by atoms with Crippen LogP contribution in [-0.2, 0) is 17.7 Å². The monoisotopic (exact) mass is 294 g/mol. The van der Waals surface area contributed by atoms with Crippen molar-refractivity contribution >= 4 is 11.8 Å². The first-order valence-electron chi connectivity index (χ1n) is 7.77. The molecule has 0 saturated carbocycles. The lowest BCUT2D eigenvalue weighted by atomic mass is 9.97. The predicted molar refractivity (Wildman–Crippen MR) is 82.2 cm³/mol. The van der Waals surface area contributed by atoms with Gasteiger partial charge in [-0.15, -0.1) is 0 Å². The van der Waals surface area contributed by atoms with E-state index in [0.29, 0.717) is 18.3 Å². The molecule has 1 aromatic rings. The number of aromatic nitrogens is 2. The number of aryl methyl sites for hydroxylation is 1. The van der Waals surface area contributed by atoms with Gasteiger partial charge in [0.05, 0.1) is 6.61 Å². The molecular weight excluding hydrogens is 268 g/mol. The normalized spacial score (nSPS) is 17.1. The first kappa shape index (κ1) is 15.8. The molecule has 118 valence electrons. The zero-order chi connectivity index (χ0) is 15.4. The summed E-state index contributed by atoms with van der Waals surface area (Å²) in [5, 5.41) is 0. The van der Waals surface area contributed by atoms with Gasteiger partial charge in [0.15, 0.2) is 5.69 Å². The third-order valence-corrected chi connectivity index (χ3v) is 4.15. The van der Waals surface area contributed by atoms with Crippen molar-refractivity contribution in [3.63, 3.8) is 0 Å². The summed E-state index contributed by atoms with van der Waals surface area (Å²) in [5.41, 5.74) is 6.41. The van der Waals surface area contributed by atoms with Gasteiger partial charge in [0.1, 0.15) is 11.6 Å². The first-order valence-corrected chi connectivity index (χ1v) is 7.77. The zero-order valence-corrected chi connectivity index (χ0v) is 13.3. The molecule has 2 rings (SSSR count). The summed E-state index contributed by atoms with van der Waals surface area (Å²) < 4.78 is 7.03. The molecule has 6 heteroatoms. The Morgan fingerprint density at radius 2 is 2.05 bits per heavy atom. The van der Waals surface area contributed by atoms with Crippen LogP contribution in [0, 0.1) is 5.92 Å². The molecule has 0 aromatic carbocycles. The van der Waals surface area contributed by atoms with Crippen LogP contribution >= 0.6 is 0 Å². The number of imidazole rings is 1. The average Bonchev–Trinajstić information content (AvgIpc) is 2.78. The van der Waals surface area contributed by atoms with Crippen molar-refractivity contribution in [2.45, 2.75) is 39.7 Å². The number of likely N-dealkylation sites (tertiary alicyclic amines) is 1. The Morgan fingerprint density at radius 3 is 2.62 bits per heavy atom. The molecule has 1 aromatic heterocycles. The number of hydrogen-bond acceptors (Lipinski definition) is 5. The van der Waals surface area contributed by atoms with Gasteiger partial charge in [-0.05, 0) is 45.8 Å². The molecule has 2 N–H and O–H groups in total. The highest BCUT2D eigenvalue weighted by Crippen LogP contribution is 2.23. The smallest absolute Gasteiger partial charge is 0.360 e. The summed E-state index contributed by atoms with van der Waals surface area (Å²) in [7, 11) is 2.15. The number of nitrogens with zero attached hydrogens (tertiary/aromatic N) is 3. The summed E-state index contributed by atoms with van der Waals surface area (Å²) >= 11 is 0. The van der Waals surface area contributed by atoms with E-state index in [1.807, 2.05) is 11.5 Å². The summed E-state index contributed by atoms with van der Waals surface area (Å²) in [4.78, 5) is 18.6. The molecule has 1 aliphatic heterocycles. The Morgan fingerprint density at radius 1 is 1.38 bits per heavy atom. The maximum atomic E-state index is 11.9. The number of nitrogens with two attached hydrogens (primary N) is 1. The maximum Gasteiger partial charge on any atom is 0.360 e. The predicted octanol–water partition coefficient (Wildman–Crippen LogP) is 1.55. The molecule has 2 heterocycles. The van der Waals surface area contributed by atoms with Gasteiger partial charge in [-0.25, -0.2) is 9.78 Å². The van der Waals surface area contributed by atoms with Crippen molar-refractivity contribution in [1.82, 2.24) is 14.5 Å². The van der Waals surface area contributed by atoms with Crippen LogP contribution in [0.4, 0.5) is 5.82 Å². The molecule has 6 nitrogen and oxygen atoms in total. The number of ether oxygens (including phenoxy) is 1. The van der Waals surface area contributed by atoms with E-state index in [0.717, 1.165) is 44.7 Å². The highest BCUT2D eigenvalue weighted by Gasteiger charge is 2.24. The number of carbonyl (C=O) groups is 1. The van der Waals surface area contributed by atoms with Gasteiger partial charge in [-0.3, -0.25) is 0 Å². The Hall–Kier alpha value is -1.56. The Kier molecular flexibility index (Phi) is 5.22. The highest BCUT2D eigenvalue weighted by molar-refractivity contribution is 5.92. The molecule has 0 unspecified atom stereocenters. The van der Waals surface area contributed by atoms with E-state index in [9.17, 15) is 4.79 Å². The molecular formula is C15H26N4O2. The van der Waals surface area contributed by atoms with Crippen molar-refractivity contribution in [2.75, 3.05) is 32.5 Å². The lowest BCUT2D eigenvalue weighted by Gasteiger charge is -2.29. The second kappa shape index (κ2) is 6.93. The largest absolute Gasteiger partial charge is 0.461 e. The van der Waals surface area contributed by atoms with E-state index < -0.39 is 5.97 Å². The fourth-order valence-corrected chi connectivity index (χ4v) is 2.84. The van der Waals surface area contributed by atoms with Crippen LogP contribution in [0.1, 0.15) is 43.0 Å². The Bertz CT molecular complexity index is 490. The van der Waals surface area contributed by atoms with E-state index in [4.69, 9.17) is 10.5 Å². The number of esters is 1. The van der Waals surface area contributed by atoms with Crippen molar-refractivity contribution in [3.8, 4) is 0 Å². The van der Waals surface area contributed by atoms with Gasteiger partial charge in [0.2, 0.25) is 0 Å². The Labute approximate surface area is 126 Å². The van der Waals surface area contributed by atoms with Gasteiger partial charge in [0, 0.05) is 13.0 Å². The molecule has 0 radical (unpaired) electrons. The minimum Gasteiger partial charge on any atom is -0.461 e. The van der Waals surface area contributed by atoms with Gasteiger partial charge in [-0.1, -0.05) is 6.92 Å². The van der Waals surface area contributed by atoms with E-state index in [1.165, 1.54) is 0 Å². The van der Waals surface area contributed by atoms with Gasteiger partial charge >= 0.3 is 5.97 Å². The zero-order valence-electron chi connectivity index (χ0n) is 13.3. The minimum absolute atomic E-state index is 0.265. The fourth-order valence-electron chi connectivity index (χ4n) is 2.84. The van der Waals surface area contributed by atoms with Crippen LogP contribution in [-0.4, -0.2) is 47.2 Å². The topological polar surface area (TPSA) is 73.4 Å². The molecule has 0 bridgehead atoms. The summed E-state index contributed by atoms with van der Waals surface area (Å²) in [6, 6.07) is 0. The summed E-state index contributed by atoms with van der Waals surface area (Å²) in [5.74, 6) is 1.49. The maximum absolute atomic E-state index is 11.9. The van der Waals surface area contributed by atoms with E-state index in [2.05, 4.69) is 16.9 Å². The fraction of sp³-hybridized carbons (Fsp3) is 0.733. The van der Waals surface area contributed by atoms with Gasteiger partial charge in [0.25, 0.3) is 0 Å². The minimum atomic E-state index is -0.424. The number of nitrogen functional groups attached to an aromatic ring is 1.